The van der Waals surface area contributed by atoms with Crippen LogP contribution in [0.25, 0.3) is 6.08 Å². The molecule has 2 rings (SSSR count). The summed E-state index contributed by atoms with van der Waals surface area (Å²) in [6.45, 7) is 3.19. The maximum Gasteiger partial charge on any atom is 0.244 e. The molecule has 5 nitrogen and oxygen atoms in total. The summed E-state index contributed by atoms with van der Waals surface area (Å²) in [6, 6.07) is 7.93. The molecule has 0 saturated heterocycles. The van der Waals surface area contributed by atoms with E-state index in [0.717, 1.165) is 17.7 Å². The average Bonchev–Trinajstić information content (AvgIpc) is 2.90. The summed E-state index contributed by atoms with van der Waals surface area (Å²) in [5.74, 6) is 0.752. The molecule has 1 aromatic heterocycles. The molecule has 1 amide bonds. The van der Waals surface area contributed by atoms with Crippen molar-refractivity contribution in [3.63, 3.8) is 0 Å². The highest BCUT2D eigenvalue weighted by Crippen LogP contribution is 2.12. The van der Waals surface area contributed by atoms with Gasteiger partial charge in [0.2, 0.25) is 5.91 Å². The average molecular weight is 299 g/mol. The molecule has 0 radical (unpaired) electrons. The van der Waals surface area contributed by atoms with Gasteiger partial charge < -0.3 is 10.1 Å². The van der Waals surface area contributed by atoms with Gasteiger partial charge in [-0.05, 0) is 37.1 Å². The van der Waals surface area contributed by atoms with Crippen LogP contribution in [-0.2, 0) is 11.8 Å². The van der Waals surface area contributed by atoms with E-state index in [1.54, 1.807) is 17.0 Å². The summed E-state index contributed by atoms with van der Waals surface area (Å²) in [4.78, 5) is 11.6. The van der Waals surface area contributed by atoms with Gasteiger partial charge in [0.25, 0.3) is 0 Å². The number of rotatable bonds is 7. The van der Waals surface area contributed by atoms with Crippen LogP contribution in [0, 0.1) is 6.92 Å². The predicted molar refractivity (Wildman–Crippen MR) is 86.5 cm³/mol. The Morgan fingerprint density at radius 3 is 3.05 bits per heavy atom. The number of hydrogen-bond acceptors (Lipinski definition) is 3. The molecule has 0 spiro atoms. The molecule has 0 saturated carbocycles. The third kappa shape index (κ3) is 5.44. The van der Waals surface area contributed by atoms with E-state index in [-0.39, 0.29) is 5.91 Å². The van der Waals surface area contributed by atoms with Crippen LogP contribution >= 0.6 is 0 Å². The van der Waals surface area contributed by atoms with Crippen molar-refractivity contribution in [1.82, 2.24) is 15.1 Å². The molecule has 1 heterocycles. The lowest BCUT2D eigenvalue weighted by molar-refractivity contribution is -0.116. The Balaban J connectivity index is 1.62. The first-order valence-corrected chi connectivity index (χ1v) is 7.27. The van der Waals surface area contributed by atoms with Crippen molar-refractivity contribution < 1.29 is 9.53 Å². The second kappa shape index (κ2) is 8.02. The van der Waals surface area contributed by atoms with Crippen molar-refractivity contribution in [3.05, 3.63) is 53.9 Å². The molecular weight excluding hydrogens is 278 g/mol. The molecule has 0 fully saturated rings. The number of aryl methyl sites for hydroxylation is 2. The van der Waals surface area contributed by atoms with Crippen LogP contribution in [0.5, 0.6) is 5.75 Å². The van der Waals surface area contributed by atoms with Gasteiger partial charge in [-0.15, -0.1) is 0 Å². The van der Waals surface area contributed by atoms with E-state index in [1.165, 1.54) is 11.6 Å². The summed E-state index contributed by atoms with van der Waals surface area (Å²) >= 11 is 0. The van der Waals surface area contributed by atoms with Crippen molar-refractivity contribution in [3.8, 4) is 5.75 Å². The third-order valence-electron chi connectivity index (χ3n) is 3.03. The van der Waals surface area contributed by atoms with E-state index in [2.05, 4.69) is 10.4 Å². The van der Waals surface area contributed by atoms with Crippen LogP contribution in [-0.4, -0.2) is 28.8 Å². The van der Waals surface area contributed by atoms with E-state index < -0.39 is 0 Å². The number of carbonyl (C=O) groups excluding carboxylic acids is 1. The molecule has 0 aliphatic carbocycles. The normalized spacial score (nSPS) is 10.8. The monoisotopic (exact) mass is 299 g/mol. The minimum atomic E-state index is -0.112. The smallest absolute Gasteiger partial charge is 0.244 e. The first-order valence-electron chi connectivity index (χ1n) is 7.27. The highest BCUT2D eigenvalue weighted by Gasteiger charge is 1.97. The third-order valence-corrected chi connectivity index (χ3v) is 3.03. The van der Waals surface area contributed by atoms with Crippen molar-refractivity contribution in [1.29, 1.82) is 0 Å². The fourth-order valence-electron chi connectivity index (χ4n) is 1.94. The Morgan fingerprint density at radius 2 is 2.32 bits per heavy atom. The molecule has 22 heavy (non-hydrogen) atoms. The topological polar surface area (TPSA) is 56.1 Å². The van der Waals surface area contributed by atoms with Gasteiger partial charge in [-0.3, -0.25) is 9.48 Å². The van der Waals surface area contributed by atoms with E-state index >= 15 is 0 Å². The van der Waals surface area contributed by atoms with E-state index in [1.807, 2.05) is 44.4 Å². The van der Waals surface area contributed by atoms with Gasteiger partial charge in [0, 0.05) is 31.4 Å². The molecule has 0 aliphatic heterocycles. The predicted octanol–water partition coefficient (Wildman–Crippen LogP) is 2.33. The lowest BCUT2D eigenvalue weighted by Crippen LogP contribution is -2.23. The van der Waals surface area contributed by atoms with Gasteiger partial charge in [-0.1, -0.05) is 12.1 Å². The molecule has 1 aromatic carbocycles. The number of carbonyl (C=O) groups is 1. The minimum absolute atomic E-state index is 0.112. The van der Waals surface area contributed by atoms with Crippen molar-refractivity contribution in [2.45, 2.75) is 13.3 Å². The molecule has 0 aliphatic rings. The van der Waals surface area contributed by atoms with Gasteiger partial charge in [-0.25, -0.2) is 0 Å². The quantitative estimate of drug-likeness (QED) is 0.630. The van der Waals surface area contributed by atoms with Crippen molar-refractivity contribution in [2.24, 2.45) is 7.05 Å². The number of ether oxygens (including phenoxy) is 1. The zero-order valence-corrected chi connectivity index (χ0v) is 13.0. The van der Waals surface area contributed by atoms with Crippen LogP contribution in [0.3, 0.4) is 0 Å². The largest absolute Gasteiger partial charge is 0.494 e. The van der Waals surface area contributed by atoms with Crippen LogP contribution < -0.4 is 10.1 Å². The molecule has 0 unspecified atom stereocenters. The SMILES string of the molecule is Cc1cccc(OCCCNC(=O)/C=C\c2cnn(C)c2)c1. The summed E-state index contributed by atoms with van der Waals surface area (Å²) in [7, 11) is 1.84. The van der Waals surface area contributed by atoms with E-state index in [4.69, 9.17) is 4.74 Å². The maximum absolute atomic E-state index is 11.6. The minimum Gasteiger partial charge on any atom is -0.494 e. The lowest BCUT2D eigenvalue weighted by Gasteiger charge is -2.07. The van der Waals surface area contributed by atoms with Crippen LogP contribution in [0.1, 0.15) is 17.5 Å². The first-order chi connectivity index (χ1) is 10.6. The number of nitrogens with one attached hydrogen (secondary N) is 1. The molecular formula is C17H21N3O2. The Kier molecular flexibility index (Phi) is 5.77. The number of benzene rings is 1. The highest BCUT2D eigenvalue weighted by atomic mass is 16.5. The molecule has 2 aromatic rings. The first kappa shape index (κ1) is 15.8. The molecule has 5 heteroatoms. The number of hydrogen-bond donors (Lipinski definition) is 1. The van der Waals surface area contributed by atoms with Crippen molar-refractivity contribution >= 4 is 12.0 Å². The zero-order chi connectivity index (χ0) is 15.8. The molecule has 116 valence electrons. The Morgan fingerprint density at radius 1 is 1.45 bits per heavy atom. The van der Waals surface area contributed by atoms with Gasteiger partial charge in [0.15, 0.2) is 0 Å². The Hall–Kier alpha value is -2.56. The summed E-state index contributed by atoms with van der Waals surface area (Å²) in [5, 5.41) is 6.86. The molecule has 1 N–H and O–H groups in total. The standard InChI is InChI=1S/C17H21N3O2/c1-14-5-3-6-16(11-14)22-10-4-9-18-17(21)8-7-15-12-19-20(2)13-15/h3,5-8,11-13H,4,9-10H2,1-2H3,(H,18,21)/b8-7-. The van der Waals surface area contributed by atoms with Gasteiger partial charge >= 0.3 is 0 Å². The maximum atomic E-state index is 11.6. The van der Waals surface area contributed by atoms with Gasteiger partial charge in [0.1, 0.15) is 5.75 Å². The second-order valence-electron chi connectivity index (χ2n) is 5.09. The van der Waals surface area contributed by atoms with Crippen LogP contribution in [0.15, 0.2) is 42.7 Å². The molecule has 0 bridgehead atoms. The fraction of sp³-hybridized carbons (Fsp3) is 0.294. The number of aromatic nitrogens is 2. The second-order valence-corrected chi connectivity index (χ2v) is 5.09. The van der Waals surface area contributed by atoms with Crippen LogP contribution in [0.4, 0.5) is 0 Å². The Labute approximate surface area is 130 Å². The summed E-state index contributed by atoms with van der Waals surface area (Å²) in [5.41, 5.74) is 2.08. The zero-order valence-electron chi connectivity index (χ0n) is 13.0. The fourth-order valence-corrected chi connectivity index (χ4v) is 1.94. The number of nitrogens with zero attached hydrogens (tertiary/aromatic N) is 2. The van der Waals surface area contributed by atoms with Crippen LogP contribution in [0.2, 0.25) is 0 Å². The molecule has 0 atom stereocenters. The van der Waals surface area contributed by atoms with E-state index in [9.17, 15) is 4.79 Å². The van der Waals surface area contributed by atoms with Crippen molar-refractivity contribution in [2.75, 3.05) is 13.2 Å². The van der Waals surface area contributed by atoms with Gasteiger partial charge in [0.05, 0.1) is 12.8 Å². The lowest BCUT2D eigenvalue weighted by atomic mass is 10.2. The van der Waals surface area contributed by atoms with Gasteiger partial charge in [-0.2, -0.15) is 5.10 Å². The Bertz CT molecular complexity index is 647. The van der Waals surface area contributed by atoms with E-state index in [0.29, 0.717) is 13.2 Å². The highest BCUT2D eigenvalue weighted by molar-refractivity contribution is 5.91. The summed E-state index contributed by atoms with van der Waals surface area (Å²) in [6.07, 6.45) is 7.57. The number of amides is 1. The summed E-state index contributed by atoms with van der Waals surface area (Å²) < 4.78 is 7.32.